The lowest BCUT2D eigenvalue weighted by atomic mass is 9.66. The Morgan fingerprint density at radius 1 is 1.23 bits per heavy atom. The fraction of sp³-hybridized carbons (Fsp3) is 0.565. The molecule has 1 N–H and O–H groups in total. The van der Waals surface area contributed by atoms with Gasteiger partial charge in [0.15, 0.2) is 11.5 Å². The average molecular weight is 428 g/mol. The Bertz CT molecular complexity index is 975. The van der Waals surface area contributed by atoms with Crippen LogP contribution < -0.4 is 14.8 Å². The predicted octanol–water partition coefficient (Wildman–Crippen LogP) is 2.08. The molecule has 4 aliphatic rings. The van der Waals surface area contributed by atoms with Gasteiger partial charge in [0, 0.05) is 36.2 Å². The summed E-state index contributed by atoms with van der Waals surface area (Å²) in [6.07, 6.45) is 2.98. The van der Waals surface area contributed by atoms with Crippen molar-refractivity contribution in [2.45, 2.75) is 37.3 Å². The SMILES string of the molecule is COC(=O)C1=CO[C@@H](C)[C@@H]2CN3CC[C@]4(C(=O)Nc5cc(OC)c(OC)cc54)[C@@H]3C[C@H]12. The van der Waals surface area contributed by atoms with Crippen molar-refractivity contribution in [1.82, 2.24) is 4.90 Å². The van der Waals surface area contributed by atoms with E-state index in [9.17, 15) is 9.59 Å². The molecule has 1 spiro atoms. The summed E-state index contributed by atoms with van der Waals surface area (Å²) in [4.78, 5) is 28.3. The van der Waals surface area contributed by atoms with Gasteiger partial charge in [0.1, 0.15) is 0 Å². The van der Waals surface area contributed by atoms with Crippen LogP contribution in [0.2, 0.25) is 0 Å². The lowest BCUT2D eigenvalue weighted by molar-refractivity contribution is -0.139. The molecule has 1 amide bonds. The number of carbonyl (C=O) groups excluding carboxylic acids is 2. The molecule has 5 rings (SSSR count). The summed E-state index contributed by atoms with van der Waals surface area (Å²) in [6, 6.07) is 3.75. The van der Waals surface area contributed by atoms with Crippen molar-refractivity contribution in [2.75, 3.05) is 39.7 Å². The second kappa shape index (κ2) is 7.15. The summed E-state index contributed by atoms with van der Waals surface area (Å²) in [5.41, 5.74) is 1.61. The molecule has 0 aromatic heterocycles. The monoisotopic (exact) mass is 428 g/mol. The number of amides is 1. The Balaban J connectivity index is 1.57. The van der Waals surface area contributed by atoms with Crippen molar-refractivity contribution in [2.24, 2.45) is 11.8 Å². The Hall–Kier alpha value is -2.74. The largest absolute Gasteiger partial charge is 0.497 e. The van der Waals surface area contributed by atoms with E-state index in [2.05, 4.69) is 10.2 Å². The van der Waals surface area contributed by atoms with E-state index in [0.29, 0.717) is 23.5 Å². The maximum absolute atomic E-state index is 13.5. The number of nitrogens with zero attached hydrogens (tertiary/aromatic N) is 1. The van der Waals surface area contributed by atoms with Crippen LogP contribution >= 0.6 is 0 Å². The molecule has 5 atom stereocenters. The van der Waals surface area contributed by atoms with Gasteiger partial charge in [-0.05, 0) is 37.9 Å². The van der Waals surface area contributed by atoms with Crippen molar-refractivity contribution < 1.29 is 28.5 Å². The lowest BCUT2D eigenvalue weighted by Gasteiger charge is -2.48. The van der Waals surface area contributed by atoms with Crippen LogP contribution in [0.3, 0.4) is 0 Å². The van der Waals surface area contributed by atoms with Crippen molar-refractivity contribution in [3.63, 3.8) is 0 Å². The number of hydrogen-bond acceptors (Lipinski definition) is 7. The van der Waals surface area contributed by atoms with Crippen LogP contribution in [0.4, 0.5) is 5.69 Å². The highest BCUT2D eigenvalue weighted by atomic mass is 16.5. The van der Waals surface area contributed by atoms with Gasteiger partial charge in [-0.3, -0.25) is 9.69 Å². The van der Waals surface area contributed by atoms with Crippen LogP contribution in [0.1, 0.15) is 25.3 Å². The molecular formula is C23H28N2O6. The maximum Gasteiger partial charge on any atom is 0.337 e. The average Bonchev–Trinajstić information content (AvgIpc) is 3.29. The van der Waals surface area contributed by atoms with Crippen molar-refractivity contribution in [3.8, 4) is 11.5 Å². The summed E-state index contributed by atoms with van der Waals surface area (Å²) < 4.78 is 21.8. The summed E-state index contributed by atoms with van der Waals surface area (Å²) in [5.74, 6) is 1.02. The Labute approximate surface area is 181 Å². The Kier molecular flexibility index (Phi) is 4.66. The summed E-state index contributed by atoms with van der Waals surface area (Å²) in [5, 5.41) is 3.08. The Morgan fingerprint density at radius 3 is 2.68 bits per heavy atom. The third kappa shape index (κ3) is 2.70. The van der Waals surface area contributed by atoms with E-state index in [1.54, 1.807) is 20.5 Å². The highest BCUT2D eigenvalue weighted by molar-refractivity contribution is 6.07. The topological polar surface area (TPSA) is 86.3 Å². The van der Waals surface area contributed by atoms with Gasteiger partial charge < -0.3 is 24.3 Å². The van der Waals surface area contributed by atoms with Crippen LogP contribution in [-0.2, 0) is 24.5 Å². The molecule has 0 bridgehead atoms. The molecule has 4 heterocycles. The number of hydrogen-bond donors (Lipinski definition) is 1. The van der Waals surface area contributed by atoms with Gasteiger partial charge in [0.2, 0.25) is 5.91 Å². The predicted molar refractivity (Wildman–Crippen MR) is 112 cm³/mol. The van der Waals surface area contributed by atoms with E-state index >= 15 is 0 Å². The molecule has 31 heavy (non-hydrogen) atoms. The number of fused-ring (bicyclic) bond motifs is 5. The van der Waals surface area contributed by atoms with Crippen molar-refractivity contribution in [3.05, 3.63) is 29.5 Å². The number of benzene rings is 1. The minimum Gasteiger partial charge on any atom is -0.497 e. The highest BCUT2D eigenvalue weighted by Crippen LogP contribution is 2.55. The van der Waals surface area contributed by atoms with Crippen LogP contribution in [0.25, 0.3) is 0 Å². The first-order valence-electron chi connectivity index (χ1n) is 10.7. The molecule has 1 aromatic carbocycles. The summed E-state index contributed by atoms with van der Waals surface area (Å²) >= 11 is 0. The zero-order valence-electron chi connectivity index (χ0n) is 18.3. The molecule has 2 saturated heterocycles. The van der Waals surface area contributed by atoms with Crippen LogP contribution in [0, 0.1) is 11.8 Å². The first-order valence-corrected chi connectivity index (χ1v) is 10.7. The van der Waals surface area contributed by atoms with Crippen molar-refractivity contribution >= 4 is 17.6 Å². The molecule has 0 saturated carbocycles. The lowest BCUT2D eigenvalue weighted by Crippen LogP contribution is -2.56. The molecule has 0 unspecified atom stereocenters. The van der Waals surface area contributed by atoms with E-state index in [1.807, 2.05) is 19.1 Å². The maximum atomic E-state index is 13.5. The number of rotatable bonds is 3. The van der Waals surface area contributed by atoms with Gasteiger partial charge in [0.05, 0.1) is 44.7 Å². The van der Waals surface area contributed by atoms with Crippen LogP contribution in [0.5, 0.6) is 11.5 Å². The number of anilines is 1. The van der Waals surface area contributed by atoms with Gasteiger partial charge in [-0.25, -0.2) is 4.79 Å². The molecule has 2 fully saturated rings. The second-order valence-corrected chi connectivity index (χ2v) is 8.85. The van der Waals surface area contributed by atoms with Gasteiger partial charge in [-0.2, -0.15) is 0 Å². The number of methoxy groups -OCH3 is 3. The quantitative estimate of drug-likeness (QED) is 0.738. The standard InChI is InChI=1S/C23H28N2O6/c1-12-14-10-25-6-5-23(20(25)7-13(14)15(11-31-12)21(26)30-4)16-8-18(28-2)19(29-3)9-17(16)24-22(23)27/h8-9,11-14,20H,5-7,10H2,1-4H3,(H,24,27)/t12-,13-,14-,20-,23+/m0/s1. The Morgan fingerprint density at radius 2 is 1.97 bits per heavy atom. The first-order chi connectivity index (χ1) is 14.9. The molecule has 8 heteroatoms. The summed E-state index contributed by atoms with van der Waals surface area (Å²) in [6.45, 7) is 3.64. The van der Waals surface area contributed by atoms with Crippen LogP contribution in [-0.4, -0.2) is 63.3 Å². The number of ether oxygens (including phenoxy) is 4. The van der Waals surface area contributed by atoms with E-state index in [0.717, 1.165) is 30.8 Å². The van der Waals surface area contributed by atoms with E-state index < -0.39 is 5.41 Å². The van der Waals surface area contributed by atoms with E-state index in [-0.39, 0.29) is 35.9 Å². The minimum absolute atomic E-state index is 0.00459. The highest BCUT2D eigenvalue weighted by Gasteiger charge is 2.61. The van der Waals surface area contributed by atoms with Gasteiger partial charge in [0.25, 0.3) is 0 Å². The summed E-state index contributed by atoms with van der Waals surface area (Å²) in [7, 11) is 4.58. The third-order valence-electron chi connectivity index (χ3n) is 7.73. The minimum atomic E-state index is -0.678. The molecule has 4 aliphatic heterocycles. The van der Waals surface area contributed by atoms with Gasteiger partial charge in [-0.1, -0.05) is 0 Å². The molecule has 0 radical (unpaired) electrons. The number of esters is 1. The van der Waals surface area contributed by atoms with E-state index in [1.165, 1.54) is 7.11 Å². The van der Waals surface area contributed by atoms with Gasteiger partial charge >= 0.3 is 5.97 Å². The normalized spacial score (nSPS) is 33.5. The first kappa shape index (κ1) is 20.2. The fourth-order valence-corrected chi connectivity index (χ4v) is 6.14. The molecule has 0 aliphatic carbocycles. The fourth-order valence-electron chi connectivity index (χ4n) is 6.14. The molecule has 8 nitrogen and oxygen atoms in total. The molecule has 1 aromatic rings. The molecule has 166 valence electrons. The van der Waals surface area contributed by atoms with E-state index in [4.69, 9.17) is 18.9 Å². The number of piperidine rings is 1. The smallest absolute Gasteiger partial charge is 0.337 e. The zero-order chi connectivity index (χ0) is 21.9. The number of carbonyl (C=O) groups is 2. The van der Waals surface area contributed by atoms with Gasteiger partial charge in [-0.15, -0.1) is 0 Å². The number of nitrogens with one attached hydrogen (secondary N) is 1. The molecular weight excluding hydrogens is 400 g/mol. The third-order valence-corrected chi connectivity index (χ3v) is 7.73. The van der Waals surface area contributed by atoms with Crippen molar-refractivity contribution in [1.29, 1.82) is 0 Å². The van der Waals surface area contributed by atoms with Crippen LogP contribution in [0.15, 0.2) is 24.0 Å². The zero-order valence-corrected chi connectivity index (χ0v) is 18.3. The second-order valence-electron chi connectivity index (χ2n) is 8.85.